The summed E-state index contributed by atoms with van der Waals surface area (Å²) >= 11 is 0. The van der Waals surface area contributed by atoms with Crippen molar-refractivity contribution in [3.63, 3.8) is 0 Å². The monoisotopic (exact) mass is 430 g/mol. The Morgan fingerprint density at radius 1 is 0.719 bits per heavy atom. The van der Waals surface area contributed by atoms with Crippen LogP contribution in [0.4, 0.5) is 0 Å². The molecule has 0 aromatic heterocycles. The van der Waals surface area contributed by atoms with Crippen molar-refractivity contribution in [3.05, 3.63) is 70.8 Å². The summed E-state index contributed by atoms with van der Waals surface area (Å²) in [5, 5.41) is 0. The minimum Gasteiger partial charge on any atom is -0.338 e. The van der Waals surface area contributed by atoms with Crippen LogP contribution < -0.4 is 0 Å². The second-order valence-electron chi connectivity index (χ2n) is 9.22. The molecular formula is C26H26N2O4. The van der Waals surface area contributed by atoms with E-state index in [2.05, 4.69) is 0 Å². The summed E-state index contributed by atoms with van der Waals surface area (Å²) in [5.74, 6) is -0.965. The summed E-state index contributed by atoms with van der Waals surface area (Å²) in [6.07, 6.45) is 0.415. The van der Waals surface area contributed by atoms with Crippen LogP contribution in [0.2, 0.25) is 0 Å². The Bertz CT molecular complexity index is 1130. The first kappa shape index (κ1) is 20.6. The zero-order chi connectivity index (χ0) is 22.6. The minimum atomic E-state index is -0.454. The number of benzene rings is 2. The van der Waals surface area contributed by atoms with Gasteiger partial charge in [-0.1, -0.05) is 48.5 Å². The summed E-state index contributed by atoms with van der Waals surface area (Å²) < 4.78 is 0. The number of Topliss-reactive ketones (excluding diaryl/α,β-unsaturated/α-hetero) is 2. The third-order valence-corrected chi connectivity index (χ3v) is 7.13. The van der Waals surface area contributed by atoms with Gasteiger partial charge in [-0.05, 0) is 25.0 Å². The topological polar surface area (TPSA) is 74.8 Å². The van der Waals surface area contributed by atoms with Crippen molar-refractivity contribution >= 4 is 23.4 Å². The van der Waals surface area contributed by atoms with Crippen molar-refractivity contribution in [1.29, 1.82) is 0 Å². The third-order valence-electron chi connectivity index (χ3n) is 7.13. The number of hydrogen-bond acceptors (Lipinski definition) is 4. The lowest BCUT2D eigenvalue weighted by Gasteiger charge is -2.46. The summed E-state index contributed by atoms with van der Waals surface area (Å²) in [6.45, 7) is 4.74. The molecule has 6 nitrogen and oxygen atoms in total. The van der Waals surface area contributed by atoms with E-state index in [1.54, 1.807) is 17.0 Å². The Kier molecular flexibility index (Phi) is 4.96. The zero-order valence-corrected chi connectivity index (χ0v) is 18.3. The Hall–Kier alpha value is -3.28. The molecule has 32 heavy (non-hydrogen) atoms. The van der Waals surface area contributed by atoms with Gasteiger partial charge in [0.15, 0.2) is 11.6 Å². The van der Waals surface area contributed by atoms with E-state index in [0.29, 0.717) is 24.2 Å². The molecule has 2 amide bonds. The largest absolute Gasteiger partial charge is 0.338 e. The SMILES string of the molecule is C[C@@H]1CN(C(=O)C2CC(=O)c3ccccc32)C[C@H](C)N1C(=O)C1CC(=O)c2ccccc21. The fraction of sp³-hybridized carbons (Fsp3) is 0.385. The first-order valence-electron chi connectivity index (χ1n) is 11.2. The first-order chi connectivity index (χ1) is 15.4. The van der Waals surface area contributed by atoms with E-state index in [4.69, 9.17) is 0 Å². The van der Waals surface area contributed by atoms with Gasteiger partial charge in [-0.3, -0.25) is 19.2 Å². The number of ketones is 2. The van der Waals surface area contributed by atoms with Gasteiger partial charge in [-0.25, -0.2) is 0 Å². The number of nitrogens with zero attached hydrogens (tertiary/aromatic N) is 2. The Morgan fingerprint density at radius 2 is 1.16 bits per heavy atom. The smallest absolute Gasteiger partial charge is 0.231 e. The maximum atomic E-state index is 13.5. The van der Waals surface area contributed by atoms with Gasteiger partial charge in [0.25, 0.3) is 0 Å². The van der Waals surface area contributed by atoms with Crippen molar-refractivity contribution in [1.82, 2.24) is 9.80 Å². The molecule has 2 aromatic carbocycles. The number of carbonyl (C=O) groups is 4. The molecule has 2 unspecified atom stereocenters. The average Bonchev–Trinajstić information content (AvgIpc) is 3.30. The van der Waals surface area contributed by atoms with Crippen LogP contribution in [0.3, 0.4) is 0 Å². The van der Waals surface area contributed by atoms with Gasteiger partial charge >= 0.3 is 0 Å². The van der Waals surface area contributed by atoms with Crippen LogP contribution in [0, 0.1) is 0 Å². The van der Waals surface area contributed by atoms with Gasteiger partial charge in [0.05, 0.1) is 11.8 Å². The van der Waals surface area contributed by atoms with Gasteiger partial charge in [-0.2, -0.15) is 0 Å². The lowest BCUT2D eigenvalue weighted by molar-refractivity contribution is -0.147. The Morgan fingerprint density at radius 3 is 1.66 bits per heavy atom. The number of fused-ring (bicyclic) bond motifs is 2. The van der Waals surface area contributed by atoms with Crippen molar-refractivity contribution in [3.8, 4) is 0 Å². The van der Waals surface area contributed by atoms with Crippen LogP contribution in [0.1, 0.15) is 70.4 Å². The third kappa shape index (κ3) is 3.17. The molecule has 2 aromatic rings. The maximum Gasteiger partial charge on any atom is 0.231 e. The first-order valence-corrected chi connectivity index (χ1v) is 11.2. The van der Waals surface area contributed by atoms with Crippen LogP contribution in [-0.4, -0.2) is 58.4 Å². The predicted octanol–water partition coefficient (Wildman–Crippen LogP) is 3.17. The molecule has 164 valence electrons. The summed E-state index contributed by atoms with van der Waals surface area (Å²) in [7, 11) is 0. The van der Waals surface area contributed by atoms with Gasteiger partial charge in [0.1, 0.15) is 0 Å². The zero-order valence-electron chi connectivity index (χ0n) is 18.3. The van der Waals surface area contributed by atoms with Crippen LogP contribution in [0.15, 0.2) is 48.5 Å². The minimum absolute atomic E-state index is 0.0117. The van der Waals surface area contributed by atoms with Gasteiger partial charge in [-0.15, -0.1) is 0 Å². The van der Waals surface area contributed by atoms with E-state index in [9.17, 15) is 19.2 Å². The van der Waals surface area contributed by atoms with E-state index in [1.807, 2.05) is 55.1 Å². The molecule has 2 aliphatic carbocycles. The van der Waals surface area contributed by atoms with Gasteiger partial charge in [0.2, 0.25) is 11.8 Å². The van der Waals surface area contributed by atoms with Gasteiger partial charge in [0, 0.05) is 49.1 Å². The molecule has 4 atom stereocenters. The highest BCUT2D eigenvalue weighted by molar-refractivity contribution is 6.07. The highest BCUT2D eigenvalue weighted by Gasteiger charge is 2.44. The van der Waals surface area contributed by atoms with Crippen LogP contribution in [0.5, 0.6) is 0 Å². The highest BCUT2D eigenvalue weighted by atomic mass is 16.2. The second-order valence-corrected chi connectivity index (χ2v) is 9.22. The molecule has 1 heterocycles. The predicted molar refractivity (Wildman–Crippen MR) is 119 cm³/mol. The standard InChI is InChI=1S/C26H26N2O4/c1-15-13-27(25(31)21-11-23(29)19-9-5-3-7-17(19)21)14-16(2)28(15)26(32)22-12-24(30)20-10-6-4-8-18(20)22/h3-10,15-16,21-22H,11-14H2,1-2H3/t15-,16+,21?,22?. The number of hydrogen-bond donors (Lipinski definition) is 0. The highest BCUT2D eigenvalue weighted by Crippen LogP contribution is 2.37. The summed E-state index contributed by atoms with van der Waals surface area (Å²) in [6, 6.07) is 14.3. The molecule has 0 N–H and O–H groups in total. The molecule has 1 aliphatic heterocycles. The lowest BCUT2D eigenvalue weighted by Crippen LogP contribution is -2.61. The maximum absolute atomic E-state index is 13.5. The van der Waals surface area contributed by atoms with Crippen molar-refractivity contribution in [2.45, 2.75) is 50.6 Å². The van der Waals surface area contributed by atoms with E-state index < -0.39 is 11.8 Å². The molecular weight excluding hydrogens is 404 g/mol. The molecule has 0 spiro atoms. The lowest BCUT2D eigenvalue weighted by atomic mass is 9.95. The average molecular weight is 431 g/mol. The van der Waals surface area contributed by atoms with Crippen molar-refractivity contribution < 1.29 is 19.2 Å². The summed E-state index contributed by atoms with van der Waals surface area (Å²) in [5.41, 5.74) is 2.90. The van der Waals surface area contributed by atoms with Crippen LogP contribution in [0.25, 0.3) is 0 Å². The number of rotatable bonds is 2. The molecule has 3 aliphatic rings. The molecule has 1 fully saturated rings. The molecule has 5 rings (SSSR count). The molecule has 6 heteroatoms. The van der Waals surface area contributed by atoms with E-state index >= 15 is 0 Å². The number of carbonyl (C=O) groups excluding carboxylic acids is 4. The van der Waals surface area contributed by atoms with E-state index in [0.717, 1.165) is 11.1 Å². The van der Waals surface area contributed by atoms with Crippen molar-refractivity contribution in [2.24, 2.45) is 0 Å². The van der Waals surface area contributed by atoms with E-state index in [1.165, 1.54) is 0 Å². The van der Waals surface area contributed by atoms with E-state index in [-0.39, 0.29) is 48.3 Å². The second kappa shape index (κ2) is 7.69. The molecule has 0 bridgehead atoms. The Balaban J connectivity index is 1.33. The summed E-state index contributed by atoms with van der Waals surface area (Å²) in [4.78, 5) is 55.2. The van der Waals surface area contributed by atoms with Gasteiger partial charge < -0.3 is 9.80 Å². The normalized spacial score (nSPS) is 26.8. The molecule has 0 radical (unpaired) electrons. The van der Waals surface area contributed by atoms with Crippen LogP contribution >= 0.6 is 0 Å². The van der Waals surface area contributed by atoms with Crippen molar-refractivity contribution in [2.75, 3.05) is 13.1 Å². The Labute approximate surface area is 187 Å². The fourth-order valence-corrected chi connectivity index (χ4v) is 5.70. The quantitative estimate of drug-likeness (QED) is 0.734. The van der Waals surface area contributed by atoms with Crippen LogP contribution in [-0.2, 0) is 9.59 Å². The number of amides is 2. The molecule has 0 saturated carbocycles. The fourth-order valence-electron chi connectivity index (χ4n) is 5.70. The molecule has 1 saturated heterocycles. The number of piperazine rings is 1.